The Hall–Kier alpha value is -0.900. The van der Waals surface area contributed by atoms with Gasteiger partial charge >= 0.3 is 5.97 Å². The Kier molecular flexibility index (Phi) is 3.64. The van der Waals surface area contributed by atoms with E-state index in [1.54, 1.807) is 0 Å². The molecule has 0 heterocycles. The van der Waals surface area contributed by atoms with Crippen LogP contribution in [-0.4, -0.2) is 23.4 Å². The van der Waals surface area contributed by atoms with Gasteiger partial charge in [-0.2, -0.15) is 0 Å². The van der Waals surface area contributed by atoms with Crippen molar-refractivity contribution in [1.29, 1.82) is 0 Å². The van der Waals surface area contributed by atoms with E-state index in [9.17, 15) is 9.59 Å². The molecule has 4 heteroatoms. The first-order chi connectivity index (χ1) is 4.57. The van der Waals surface area contributed by atoms with Crippen LogP contribution in [0.5, 0.6) is 0 Å². The molecule has 0 aromatic carbocycles. The zero-order chi connectivity index (χ0) is 8.15. The Morgan fingerprint density at radius 2 is 2.10 bits per heavy atom. The third kappa shape index (κ3) is 3.19. The molecule has 1 unspecified atom stereocenters. The summed E-state index contributed by atoms with van der Waals surface area (Å²) in [5.41, 5.74) is 4.98. The highest BCUT2D eigenvalue weighted by molar-refractivity contribution is 5.84. The molecular weight excluding hydrogens is 134 g/mol. The first kappa shape index (κ1) is 9.10. The summed E-state index contributed by atoms with van der Waals surface area (Å²) in [4.78, 5) is 20.7. The van der Waals surface area contributed by atoms with Crippen LogP contribution >= 0.6 is 0 Å². The zero-order valence-electron chi connectivity index (χ0n) is 5.83. The first-order valence-corrected chi connectivity index (χ1v) is 3.02. The van der Waals surface area contributed by atoms with E-state index in [0.717, 1.165) is 0 Å². The highest BCUT2D eigenvalue weighted by atomic mass is 16.4. The van der Waals surface area contributed by atoms with Gasteiger partial charge in [0.25, 0.3) is 0 Å². The van der Waals surface area contributed by atoms with E-state index in [2.05, 4.69) is 0 Å². The van der Waals surface area contributed by atoms with E-state index in [1.165, 1.54) is 6.92 Å². The molecule has 0 aromatic rings. The normalized spacial score (nSPS) is 12.6. The number of hydrogen-bond donors (Lipinski definition) is 2. The predicted molar refractivity (Wildman–Crippen MR) is 35.5 cm³/mol. The SMILES string of the molecule is CC(CC(=O)CN)C(=O)O. The van der Waals surface area contributed by atoms with Gasteiger partial charge in [0.2, 0.25) is 0 Å². The maximum atomic E-state index is 10.5. The number of carboxylic acids is 1. The smallest absolute Gasteiger partial charge is 0.306 e. The van der Waals surface area contributed by atoms with Gasteiger partial charge in [-0.15, -0.1) is 0 Å². The minimum atomic E-state index is -0.957. The molecule has 0 aliphatic rings. The van der Waals surface area contributed by atoms with Crippen molar-refractivity contribution in [2.45, 2.75) is 13.3 Å². The summed E-state index contributed by atoms with van der Waals surface area (Å²) in [6.45, 7) is 1.41. The van der Waals surface area contributed by atoms with Gasteiger partial charge < -0.3 is 10.8 Å². The summed E-state index contributed by atoms with van der Waals surface area (Å²) in [5.74, 6) is -1.78. The molecule has 0 amide bonds. The van der Waals surface area contributed by atoms with E-state index < -0.39 is 11.9 Å². The second-order valence-electron chi connectivity index (χ2n) is 2.19. The van der Waals surface area contributed by atoms with Gasteiger partial charge in [-0.05, 0) is 0 Å². The molecule has 0 bridgehead atoms. The molecule has 0 saturated carbocycles. The van der Waals surface area contributed by atoms with Crippen molar-refractivity contribution in [2.75, 3.05) is 6.54 Å². The summed E-state index contributed by atoms with van der Waals surface area (Å²) in [5, 5.41) is 8.33. The van der Waals surface area contributed by atoms with Crippen LogP contribution in [0.2, 0.25) is 0 Å². The van der Waals surface area contributed by atoms with Gasteiger partial charge in [0.05, 0.1) is 12.5 Å². The van der Waals surface area contributed by atoms with E-state index >= 15 is 0 Å². The number of carboxylic acid groups (broad SMARTS) is 1. The van der Waals surface area contributed by atoms with E-state index in [0.29, 0.717) is 0 Å². The molecule has 58 valence electrons. The fourth-order valence-electron chi connectivity index (χ4n) is 0.512. The number of ketones is 1. The first-order valence-electron chi connectivity index (χ1n) is 3.02. The molecule has 4 nitrogen and oxygen atoms in total. The van der Waals surface area contributed by atoms with Crippen molar-refractivity contribution >= 4 is 11.8 Å². The van der Waals surface area contributed by atoms with Crippen molar-refractivity contribution in [3.05, 3.63) is 0 Å². The van der Waals surface area contributed by atoms with Gasteiger partial charge in [-0.25, -0.2) is 0 Å². The fraction of sp³-hybridized carbons (Fsp3) is 0.667. The third-order valence-electron chi connectivity index (χ3n) is 1.18. The van der Waals surface area contributed by atoms with Crippen molar-refractivity contribution in [3.8, 4) is 0 Å². The second kappa shape index (κ2) is 4.00. The van der Waals surface area contributed by atoms with Gasteiger partial charge in [-0.1, -0.05) is 6.92 Å². The monoisotopic (exact) mass is 145 g/mol. The summed E-state index contributed by atoms with van der Waals surface area (Å²) in [6, 6.07) is 0. The minimum Gasteiger partial charge on any atom is -0.481 e. The van der Waals surface area contributed by atoms with Gasteiger partial charge in [0, 0.05) is 6.42 Å². The van der Waals surface area contributed by atoms with Crippen LogP contribution in [0.1, 0.15) is 13.3 Å². The van der Waals surface area contributed by atoms with Crippen molar-refractivity contribution in [1.82, 2.24) is 0 Å². The predicted octanol–water partition coefficient (Wildman–Crippen LogP) is -0.375. The maximum Gasteiger partial charge on any atom is 0.306 e. The lowest BCUT2D eigenvalue weighted by molar-refractivity contribution is -0.142. The number of carbonyl (C=O) groups excluding carboxylic acids is 1. The zero-order valence-corrected chi connectivity index (χ0v) is 5.83. The second-order valence-corrected chi connectivity index (χ2v) is 2.19. The van der Waals surface area contributed by atoms with Gasteiger partial charge in [0.1, 0.15) is 5.78 Å². The third-order valence-corrected chi connectivity index (χ3v) is 1.18. The largest absolute Gasteiger partial charge is 0.481 e. The van der Waals surface area contributed by atoms with E-state index in [-0.39, 0.29) is 18.7 Å². The maximum absolute atomic E-state index is 10.5. The number of nitrogens with two attached hydrogens (primary N) is 1. The lowest BCUT2D eigenvalue weighted by Gasteiger charge is -2.01. The van der Waals surface area contributed by atoms with Crippen molar-refractivity contribution < 1.29 is 14.7 Å². The highest BCUT2D eigenvalue weighted by Gasteiger charge is 2.13. The quantitative estimate of drug-likeness (QED) is 0.565. The number of hydrogen-bond acceptors (Lipinski definition) is 3. The number of aliphatic carboxylic acids is 1. The van der Waals surface area contributed by atoms with Crippen molar-refractivity contribution in [2.24, 2.45) is 11.7 Å². The van der Waals surface area contributed by atoms with Crippen LogP contribution < -0.4 is 5.73 Å². The molecule has 0 aliphatic carbocycles. The van der Waals surface area contributed by atoms with Crippen LogP contribution in [0, 0.1) is 5.92 Å². The average molecular weight is 145 g/mol. The topological polar surface area (TPSA) is 80.4 Å². The van der Waals surface area contributed by atoms with Gasteiger partial charge in [-0.3, -0.25) is 9.59 Å². The molecule has 0 radical (unpaired) electrons. The Labute approximate surface area is 59.0 Å². The van der Waals surface area contributed by atoms with Gasteiger partial charge in [0.15, 0.2) is 0 Å². The molecule has 0 saturated heterocycles. The van der Waals surface area contributed by atoms with Crippen LogP contribution in [0.15, 0.2) is 0 Å². The molecule has 0 aliphatic heterocycles. The fourth-order valence-corrected chi connectivity index (χ4v) is 0.512. The lowest BCUT2D eigenvalue weighted by atomic mass is 10.1. The van der Waals surface area contributed by atoms with E-state index in [4.69, 9.17) is 10.8 Å². The average Bonchev–Trinajstić information content (AvgIpc) is 1.87. The highest BCUT2D eigenvalue weighted by Crippen LogP contribution is 2.00. The van der Waals surface area contributed by atoms with Crippen LogP contribution in [0.25, 0.3) is 0 Å². The molecule has 0 rings (SSSR count). The Bertz CT molecular complexity index is 144. The molecule has 0 spiro atoms. The summed E-state index contributed by atoms with van der Waals surface area (Å²) < 4.78 is 0. The minimum absolute atomic E-state index is 0.0336. The lowest BCUT2D eigenvalue weighted by Crippen LogP contribution is -2.20. The molecule has 1 atom stereocenters. The van der Waals surface area contributed by atoms with Crippen molar-refractivity contribution in [3.63, 3.8) is 0 Å². The standard InChI is InChI=1S/C6H11NO3/c1-4(6(9)10)2-5(8)3-7/h4H,2-3,7H2,1H3,(H,9,10). The molecule has 0 aromatic heterocycles. The Morgan fingerprint density at radius 3 is 2.40 bits per heavy atom. The summed E-state index contributed by atoms with van der Waals surface area (Å²) in [7, 11) is 0. The Balaban J connectivity index is 3.68. The molecule has 0 fully saturated rings. The Morgan fingerprint density at radius 1 is 1.60 bits per heavy atom. The van der Waals surface area contributed by atoms with E-state index in [1.807, 2.05) is 0 Å². The van der Waals surface area contributed by atoms with Crippen LogP contribution in [0.4, 0.5) is 0 Å². The summed E-state index contributed by atoms with van der Waals surface area (Å²) in [6.07, 6.45) is 0.0336. The van der Waals surface area contributed by atoms with Crippen LogP contribution in [-0.2, 0) is 9.59 Å². The summed E-state index contributed by atoms with van der Waals surface area (Å²) >= 11 is 0. The molecular formula is C6H11NO3. The number of rotatable bonds is 4. The number of carbonyl (C=O) groups is 2. The number of Topliss-reactive ketones (excluding diaryl/α,β-unsaturated/α-hetero) is 1. The molecule has 10 heavy (non-hydrogen) atoms. The van der Waals surface area contributed by atoms with Crippen LogP contribution in [0.3, 0.4) is 0 Å². The molecule has 3 N–H and O–H groups in total.